The molecule has 1 saturated carbocycles. The minimum absolute atomic E-state index is 0.00883. The van der Waals surface area contributed by atoms with Gasteiger partial charge in [0, 0.05) is 18.2 Å². The van der Waals surface area contributed by atoms with Gasteiger partial charge in [-0.25, -0.2) is 22.5 Å². The number of hydrogen-bond donors (Lipinski definition) is 2. The summed E-state index contributed by atoms with van der Waals surface area (Å²) in [4.78, 5) is 4.30. The topological polar surface area (TPSA) is 71.1 Å². The molecule has 0 atom stereocenters. The molecule has 1 heterocycles. The van der Waals surface area contributed by atoms with Crippen LogP contribution in [-0.2, 0) is 15.4 Å². The lowest BCUT2D eigenvalue weighted by Gasteiger charge is -2.42. The van der Waals surface area contributed by atoms with Gasteiger partial charge in [0.1, 0.15) is 16.5 Å². The fraction of sp³-hybridized carbons (Fsp3) is 0.353. The molecule has 24 heavy (non-hydrogen) atoms. The van der Waals surface area contributed by atoms with Crippen LogP contribution in [-0.4, -0.2) is 27.0 Å². The average Bonchev–Trinajstić information content (AvgIpc) is 2.56. The van der Waals surface area contributed by atoms with E-state index in [0.717, 1.165) is 24.8 Å². The van der Waals surface area contributed by atoms with Crippen molar-refractivity contribution in [1.82, 2.24) is 9.71 Å². The standard InChI is InChI=1S/C17H20FN3O2S/c1-19-24(22,23)15-7-8-16(20-11-15)21-12-17(9-2-10-17)13-3-5-14(18)6-4-13/h3-8,11,19H,2,9-10,12H2,1H3,(H,20,21). The van der Waals surface area contributed by atoms with E-state index in [9.17, 15) is 12.8 Å². The number of anilines is 1. The maximum Gasteiger partial charge on any atom is 0.241 e. The zero-order chi connectivity index (χ0) is 17.2. The van der Waals surface area contributed by atoms with Crippen LogP contribution in [0.1, 0.15) is 24.8 Å². The maximum absolute atomic E-state index is 13.1. The van der Waals surface area contributed by atoms with Crippen LogP contribution >= 0.6 is 0 Å². The minimum Gasteiger partial charge on any atom is -0.369 e. The molecule has 1 aromatic carbocycles. The summed E-state index contributed by atoms with van der Waals surface area (Å²) in [6.07, 6.45) is 4.56. The smallest absolute Gasteiger partial charge is 0.241 e. The molecule has 0 radical (unpaired) electrons. The Kier molecular flexibility index (Phi) is 4.56. The second kappa shape index (κ2) is 6.49. The van der Waals surface area contributed by atoms with Crippen molar-refractivity contribution in [3.05, 3.63) is 54.0 Å². The molecule has 0 spiro atoms. The number of hydrogen-bond acceptors (Lipinski definition) is 4. The summed E-state index contributed by atoms with van der Waals surface area (Å²) < 4.78 is 38.8. The van der Waals surface area contributed by atoms with Crippen molar-refractivity contribution in [2.45, 2.75) is 29.6 Å². The van der Waals surface area contributed by atoms with Crippen molar-refractivity contribution < 1.29 is 12.8 Å². The normalized spacial score (nSPS) is 16.4. The molecule has 0 amide bonds. The maximum atomic E-state index is 13.1. The van der Waals surface area contributed by atoms with Crippen LogP contribution < -0.4 is 10.0 Å². The zero-order valence-corrected chi connectivity index (χ0v) is 14.2. The predicted molar refractivity (Wildman–Crippen MR) is 90.9 cm³/mol. The predicted octanol–water partition coefficient (Wildman–Crippen LogP) is 2.66. The number of aromatic nitrogens is 1. The molecule has 1 fully saturated rings. The summed E-state index contributed by atoms with van der Waals surface area (Å²) in [5.74, 6) is 0.391. The van der Waals surface area contributed by atoms with E-state index in [-0.39, 0.29) is 16.1 Å². The van der Waals surface area contributed by atoms with Crippen LogP contribution in [0.4, 0.5) is 10.2 Å². The van der Waals surface area contributed by atoms with Crippen molar-refractivity contribution in [3.63, 3.8) is 0 Å². The number of pyridine rings is 1. The fourth-order valence-electron chi connectivity index (χ4n) is 3.00. The van der Waals surface area contributed by atoms with Gasteiger partial charge in [-0.1, -0.05) is 18.6 Å². The fourth-order valence-corrected chi connectivity index (χ4v) is 3.67. The third-order valence-corrected chi connectivity index (χ3v) is 6.09. The number of benzene rings is 1. The van der Waals surface area contributed by atoms with Crippen LogP contribution in [0, 0.1) is 5.82 Å². The third-order valence-electron chi connectivity index (χ3n) is 4.69. The Morgan fingerprint density at radius 1 is 1.17 bits per heavy atom. The van der Waals surface area contributed by atoms with Crippen molar-refractivity contribution in [2.24, 2.45) is 0 Å². The van der Waals surface area contributed by atoms with Gasteiger partial charge in [0.2, 0.25) is 10.0 Å². The van der Waals surface area contributed by atoms with Crippen molar-refractivity contribution in [2.75, 3.05) is 18.9 Å². The number of sulfonamides is 1. The second-order valence-electron chi connectivity index (χ2n) is 6.08. The molecule has 128 valence electrons. The quantitative estimate of drug-likeness (QED) is 0.841. The molecule has 1 aliphatic carbocycles. The molecular weight excluding hydrogens is 329 g/mol. The Bertz CT molecular complexity index is 801. The molecule has 5 nitrogen and oxygen atoms in total. The highest BCUT2D eigenvalue weighted by Crippen LogP contribution is 2.43. The Balaban J connectivity index is 1.71. The van der Waals surface area contributed by atoms with E-state index < -0.39 is 10.0 Å². The molecule has 3 rings (SSSR count). The Morgan fingerprint density at radius 3 is 2.38 bits per heavy atom. The van der Waals surface area contributed by atoms with Gasteiger partial charge < -0.3 is 5.32 Å². The highest BCUT2D eigenvalue weighted by atomic mass is 32.2. The molecule has 7 heteroatoms. The van der Waals surface area contributed by atoms with Gasteiger partial charge in [0.25, 0.3) is 0 Å². The summed E-state index contributed by atoms with van der Waals surface area (Å²) >= 11 is 0. The van der Waals surface area contributed by atoms with Crippen molar-refractivity contribution in [3.8, 4) is 0 Å². The number of nitrogens with one attached hydrogen (secondary N) is 2. The molecule has 2 N–H and O–H groups in total. The molecular formula is C17H20FN3O2S. The van der Waals surface area contributed by atoms with Gasteiger partial charge in [-0.05, 0) is 49.7 Å². The number of rotatable bonds is 6. The summed E-state index contributed by atoms with van der Waals surface area (Å²) in [6.45, 7) is 0.684. The lowest BCUT2D eigenvalue weighted by Crippen LogP contribution is -2.41. The first-order valence-electron chi connectivity index (χ1n) is 7.85. The molecule has 0 aliphatic heterocycles. The van der Waals surface area contributed by atoms with Crippen molar-refractivity contribution >= 4 is 15.8 Å². The Hall–Kier alpha value is -1.99. The van der Waals surface area contributed by atoms with E-state index in [1.165, 1.54) is 31.4 Å². The van der Waals surface area contributed by atoms with Gasteiger partial charge in [-0.2, -0.15) is 0 Å². The minimum atomic E-state index is -3.47. The van der Waals surface area contributed by atoms with Gasteiger partial charge in [-0.15, -0.1) is 0 Å². The summed E-state index contributed by atoms with van der Waals surface area (Å²) in [5.41, 5.74) is 1.11. The molecule has 0 saturated heterocycles. The van der Waals surface area contributed by atoms with Crippen LogP contribution in [0.15, 0.2) is 47.5 Å². The van der Waals surface area contributed by atoms with E-state index in [0.29, 0.717) is 12.4 Å². The van der Waals surface area contributed by atoms with Crippen LogP contribution in [0.3, 0.4) is 0 Å². The zero-order valence-electron chi connectivity index (χ0n) is 13.4. The van der Waals surface area contributed by atoms with Gasteiger partial charge in [0.05, 0.1) is 0 Å². The summed E-state index contributed by atoms with van der Waals surface area (Å²) in [6, 6.07) is 9.84. The lowest BCUT2D eigenvalue weighted by molar-refractivity contribution is 0.260. The van der Waals surface area contributed by atoms with E-state index >= 15 is 0 Å². The Labute approximate surface area is 141 Å². The van der Waals surface area contributed by atoms with E-state index in [1.54, 1.807) is 6.07 Å². The lowest BCUT2D eigenvalue weighted by atomic mass is 9.64. The Morgan fingerprint density at radius 2 is 1.88 bits per heavy atom. The average molecular weight is 349 g/mol. The van der Waals surface area contributed by atoms with E-state index in [2.05, 4.69) is 15.0 Å². The van der Waals surface area contributed by atoms with Gasteiger partial charge in [-0.3, -0.25) is 0 Å². The number of halogens is 1. The highest BCUT2D eigenvalue weighted by Gasteiger charge is 2.38. The first kappa shape index (κ1) is 16.9. The van der Waals surface area contributed by atoms with E-state index in [1.807, 2.05) is 12.1 Å². The van der Waals surface area contributed by atoms with Gasteiger partial charge >= 0.3 is 0 Å². The van der Waals surface area contributed by atoms with Crippen LogP contribution in [0.5, 0.6) is 0 Å². The first-order valence-corrected chi connectivity index (χ1v) is 9.33. The molecule has 1 aliphatic rings. The third kappa shape index (κ3) is 3.27. The van der Waals surface area contributed by atoms with Crippen LogP contribution in [0.2, 0.25) is 0 Å². The van der Waals surface area contributed by atoms with Crippen LogP contribution in [0.25, 0.3) is 0 Å². The SMILES string of the molecule is CNS(=O)(=O)c1ccc(NCC2(c3ccc(F)cc3)CCC2)nc1. The largest absolute Gasteiger partial charge is 0.369 e. The number of nitrogens with zero attached hydrogens (tertiary/aromatic N) is 1. The monoisotopic (exact) mass is 349 g/mol. The summed E-state index contributed by atoms with van der Waals surface area (Å²) in [5, 5.41) is 3.28. The first-order chi connectivity index (χ1) is 11.5. The van der Waals surface area contributed by atoms with Crippen molar-refractivity contribution in [1.29, 1.82) is 0 Å². The summed E-state index contributed by atoms with van der Waals surface area (Å²) in [7, 11) is -2.11. The molecule has 0 bridgehead atoms. The highest BCUT2D eigenvalue weighted by molar-refractivity contribution is 7.89. The molecule has 1 aromatic heterocycles. The van der Waals surface area contributed by atoms with Gasteiger partial charge in [0.15, 0.2) is 0 Å². The van der Waals surface area contributed by atoms with E-state index in [4.69, 9.17) is 0 Å². The molecule has 2 aromatic rings. The molecule has 0 unspecified atom stereocenters. The second-order valence-corrected chi connectivity index (χ2v) is 7.97.